The number of nitro benzene ring substituents is 1. The van der Waals surface area contributed by atoms with Gasteiger partial charge in [0.1, 0.15) is 0 Å². The highest BCUT2D eigenvalue weighted by Gasteiger charge is 2.17. The maximum Gasteiger partial charge on any atom is 0.305 e. The quantitative estimate of drug-likeness (QED) is 0.671. The number of hydrogen-bond acceptors (Lipinski definition) is 4. The minimum atomic E-state index is -0.964. The van der Waals surface area contributed by atoms with Gasteiger partial charge in [0.2, 0.25) is 5.82 Å². The third-order valence-electron chi connectivity index (χ3n) is 2.46. The number of nitrogens with zero attached hydrogens (tertiary/aromatic N) is 1. The summed E-state index contributed by atoms with van der Waals surface area (Å²) in [6.07, 6.45) is 0. The molecule has 0 aliphatic heterocycles. The van der Waals surface area contributed by atoms with Gasteiger partial charge in [-0.05, 0) is 40.2 Å². The smallest absolute Gasteiger partial charge is 0.305 e. The number of amides is 1. The van der Waals surface area contributed by atoms with Gasteiger partial charge in [0.25, 0.3) is 5.91 Å². The first kappa shape index (κ1) is 14.6. The fourth-order valence-electron chi connectivity index (χ4n) is 1.51. The monoisotopic (exact) mass is 358 g/mol. The molecule has 20 heavy (non-hydrogen) atoms. The van der Waals surface area contributed by atoms with Crippen molar-refractivity contribution in [3.63, 3.8) is 0 Å². The van der Waals surface area contributed by atoms with Gasteiger partial charge in [-0.25, -0.2) is 0 Å². The Morgan fingerprint density at radius 1 is 1.40 bits per heavy atom. The first-order chi connectivity index (χ1) is 9.47. The van der Waals surface area contributed by atoms with E-state index in [9.17, 15) is 19.3 Å². The lowest BCUT2D eigenvalue weighted by molar-refractivity contribution is -0.387. The van der Waals surface area contributed by atoms with Gasteiger partial charge in [-0.1, -0.05) is 0 Å². The molecule has 2 aromatic rings. The van der Waals surface area contributed by atoms with Gasteiger partial charge in [0.05, 0.1) is 15.3 Å². The second kappa shape index (κ2) is 6.10. The molecule has 0 spiro atoms. The number of thiophene rings is 1. The molecular weight excluding hydrogens is 351 g/mol. The van der Waals surface area contributed by atoms with Gasteiger partial charge < -0.3 is 5.32 Å². The van der Waals surface area contributed by atoms with E-state index in [-0.39, 0.29) is 5.56 Å². The molecule has 5 nitrogen and oxygen atoms in total. The number of hydrogen-bond donors (Lipinski definition) is 1. The Bertz CT molecular complexity index is 674. The van der Waals surface area contributed by atoms with E-state index in [4.69, 9.17) is 0 Å². The zero-order chi connectivity index (χ0) is 14.7. The second-order valence-corrected chi connectivity index (χ2v) is 6.36. The molecule has 0 radical (unpaired) electrons. The van der Waals surface area contributed by atoms with Crippen LogP contribution >= 0.6 is 27.3 Å². The van der Waals surface area contributed by atoms with Crippen molar-refractivity contribution in [3.05, 3.63) is 60.5 Å². The molecule has 8 heteroatoms. The minimum absolute atomic E-state index is 0.0497. The molecule has 0 atom stereocenters. The van der Waals surface area contributed by atoms with Crippen LogP contribution in [0.25, 0.3) is 0 Å². The molecule has 0 aliphatic rings. The number of benzene rings is 1. The summed E-state index contributed by atoms with van der Waals surface area (Å²) in [7, 11) is 0. The zero-order valence-corrected chi connectivity index (χ0v) is 12.3. The zero-order valence-electron chi connectivity index (χ0n) is 9.93. The van der Waals surface area contributed by atoms with Crippen molar-refractivity contribution in [2.75, 3.05) is 0 Å². The van der Waals surface area contributed by atoms with E-state index in [2.05, 4.69) is 21.2 Å². The Morgan fingerprint density at radius 3 is 2.75 bits per heavy atom. The van der Waals surface area contributed by atoms with E-state index < -0.39 is 22.3 Å². The molecule has 0 bridgehead atoms. The van der Waals surface area contributed by atoms with Gasteiger partial charge >= 0.3 is 5.69 Å². The maximum atomic E-state index is 13.2. The van der Waals surface area contributed by atoms with Crippen molar-refractivity contribution in [2.24, 2.45) is 0 Å². The lowest BCUT2D eigenvalue weighted by Crippen LogP contribution is -2.22. The Labute approximate surface area is 125 Å². The summed E-state index contributed by atoms with van der Waals surface area (Å²) in [5.41, 5.74) is -0.662. The van der Waals surface area contributed by atoms with Gasteiger partial charge in [-0.2, -0.15) is 4.39 Å². The summed E-state index contributed by atoms with van der Waals surface area (Å²) < 4.78 is 14.1. The average molecular weight is 359 g/mol. The summed E-state index contributed by atoms with van der Waals surface area (Å²) in [5.74, 6) is -1.45. The van der Waals surface area contributed by atoms with Crippen molar-refractivity contribution in [1.82, 2.24) is 5.32 Å². The Hall–Kier alpha value is -1.80. The van der Waals surface area contributed by atoms with Crippen LogP contribution in [0.3, 0.4) is 0 Å². The average Bonchev–Trinajstić information content (AvgIpc) is 2.82. The number of nitrogens with one attached hydrogen (secondary N) is 1. The largest absolute Gasteiger partial charge is 0.347 e. The number of carbonyl (C=O) groups is 1. The van der Waals surface area contributed by atoms with Crippen LogP contribution in [0.1, 0.15) is 15.2 Å². The van der Waals surface area contributed by atoms with Gasteiger partial charge in [-0.3, -0.25) is 14.9 Å². The molecule has 104 valence electrons. The minimum Gasteiger partial charge on any atom is -0.347 e. The van der Waals surface area contributed by atoms with Crippen LogP contribution in [0.2, 0.25) is 0 Å². The number of rotatable bonds is 4. The highest BCUT2D eigenvalue weighted by molar-refractivity contribution is 9.11. The number of nitro groups is 1. The molecule has 1 heterocycles. The molecule has 1 aromatic carbocycles. The highest BCUT2D eigenvalue weighted by atomic mass is 79.9. The normalized spacial score (nSPS) is 10.3. The van der Waals surface area contributed by atoms with Gasteiger partial charge in [0.15, 0.2) is 0 Å². The molecule has 1 amide bonds. The van der Waals surface area contributed by atoms with Crippen molar-refractivity contribution < 1.29 is 14.1 Å². The van der Waals surface area contributed by atoms with Crippen LogP contribution < -0.4 is 5.32 Å². The van der Waals surface area contributed by atoms with Crippen LogP contribution in [-0.4, -0.2) is 10.8 Å². The van der Waals surface area contributed by atoms with E-state index in [1.165, 1.54) is 17.4 Å². The second-order valence-electron chi connectivity index (χ2n) is 3.81. The fraction of sp³-hybridized carbons (Fsp3) is 0.0833. The molecule has 0 saturated heterocycles. The van der Waals surface area contributed by atoms with Gasteiger partial charge in [0, 0.05) is 16.5 Å². The summed E-state index contributed by atoms with van der Waals surface area (Å²) in [4.78, 5) is 22.5. The predicted octanol–water partition coefficient (Wildman–Crippen LogP) is 3.49. The Balaban J connectivity index is 2.09. The van der Waals surface area contributed by atoms with Crippen LogP contribution in [0, 0.1) is 15.9 Å². The van der Waals surface area contributed by atoms with Crippen molar-refractivity contribution in [1.29, 1.82) is 0 Å². The maximum absolute atomic E-state index is 13.2. The Morgan fingerprint density at radius 2 is 2.15 bits per heavy atom. The van der Waals surface area contributed by atoms with Gasteiger partial charge in [-0.15, -0.1) is 11.3 Å². The molecule has 0 saturated carbocycles. The summed E-state index contributed by atoms with van der Waals surface area (Å²) in [6, 6.07) is 6.75. The molecule has 1 N–H and O–H groups in total. The summed E-state index contributed by atoms with van der Waals surface area (Å²) in [6.45, 7) is 0.306. The summed E-state index contributed by atoms with van der Waals surface area (Å²) in [5, 5.41) is 13.2. The van der Waals surface area contributed by atoms with Crippen LogP contribution in [0.5, 0.6) is 0 Å². The third kappa shape index (κ3) is 3.40. The molecule has 1 aromatic heterocycles. The Kier molecular flexibility index (Phi) is 4.46. The van der Waals surface area contributed by atoms with E-state index in [1.54, 1.807) is 0 Å². The van der Waals surface area contributed by atoms with Crippen LogP contribution in [-0.2, 0) is 6.54 Å². The molecule has 0 unspecified atom stereocenters. The third-order valence-corrected chi connectivity index (χ3v) is 4.08. The van der Waals surface area contributed by atoms with E-state index in [0.717, 1.165) is 20.8 Å². The van der Waals surface area contributed by atoms with E-state index in [0.29, 0.717) is 6.54 Å². The van der Waals surface area contributed by atoms with Crippen molar-refractivity contribution in [3.8, 4) is 0 Å². The highest BCUT2D eigenvalue weighted by Crippen LogP contribution is 2.22. The topological polar surface area (TPSA) is 72.2 Å². The fourth-order valence-corrected chi connectivity index (χ4v) is 2.93. The standard InChI is InChI=1S/C12H8BrFN2O3S/c13-11-4-2-8(20-11)6-15-12(17)7-1-3-9(14)10(5-7)16(18)19/h1-5H,6H2,(H,15,17). The number of halogens is 2. The van der Waals surface area contributed by atoms with Crippen molar-refractivity contribution in [2.45, 2.75) is 6.54 Å². The molecule has 0 aliphatic carbocycles. The lowest BCUT2D eigenvalue weighted by atomic mass is 10.2. The predicted molar refractivity (Wildman–Crippen MR) is 76.2 cm³/mol. The van der Waals surface area contributed by atoms with Crippen LogP contribution in [0.15, 0.2) is 34.1 Å². The van der Waals surface area contributed by atoms with Crippen molar-refractivity contribution >= 4 is 38.9 Å². The first-order valence-corrected chi connectivity index (χ1v) is 7.04. The molecular formula is C12H8BrFN2O3S. The van der Waals surface area contributed by atoms with Crippen LogP contribution in [0.4, 0.5) is 10.1 Å². The first-order valence-electron chi connectivity index (χ1n) is 5.43. The number of carbonyl (C=O) groups excluding carboxylic acids is 1. The SMILES string of the molecule is O=C(NCc1ccc(Br)s1)c1ccc(F)c([N+](=O)[O-])c1. The molecule has 2 rings (SSSR count). The summed E-state index contributed by atoms with van der Waals surface area (Å²) >= 11 is 4.78. The van der Waals surface area contributed by atoms with E-state index >= 15 is 0 Å². The van der Waals surface area contributed by atoms with E-state index in [1.807, 2.05) is 12.1 Å². The lowest BCUT2D eigenvalue weighted by Gasteiger charge is -2.04. The molecule has 0 fully saturated rings.